The van der Waals surface area contributed by atoms with E-state index >= 15 is 0 Å². The first-order chi connectivity index (χ1) is 25.3. The van der Waals surface area contributed by atoms with Crippen LogP contribution < -0.4 is 5.73 Å². The van der Waals surface area contributed by atoms with Crippen LogP contribution in [0.25, 0.3) is 0 Å². The number of pyridine rings is 1. The van der Waals surface area contributed by atoms with Crippen molar-refractivity contribution in [2.75, 3.05) is 5.75 Å². The maximum Gasteiger partial charge on any atom is 0.417 e. The van der Waals surface area contributed by atoms with E-state index < -0.39 is 68.9 Å². The van der Waals surface area contributed by atoms with Crippen LogP contribution in [0.15, 0.2) is 132 Å². The summed E-state index contributed by atoms with van der Waals surface area (Å²) in [7, 11) is -4.55. The number of hydrogen-bond acceptors (Lipinski definition) is 12. The number of imide groups is 1. The van der Waals surface area contributed by atoms with E-state index in [9.17, 15) is 27.6 Å². The topological polar surface area (TPSA) is 176 Å². The molecule has 4 aromatic rings. The molecule has 3 aromatic carbocycles. The zero-order valence-corrected chi connectivity index (χ0v) is 30.5. The molecule has 2 aliphatic heterocycles. The maximum atomic E-state index is 14.4. The highest BCUT2D eigenvalue weighted by Crippen LogP contribution is 2.45. The number of nitrogens with two attached hydrogens (primary N) is 1. The third-order valence-corrected chi connectivity index (χ3v) is 10.7. The van der Waals surface area contributed by atoms with Crippen molar-refractivity contribution in [3.63, 3.8) is 0 Å². The Morgan fingerprint density at radius 1 is 0.887 bits per heavy atom. The predicted molar refractivity (Wildman–Crippen MR) is 194 cm³/mol. The monoisotopic (exact) mass is 756 g/mol. The summed E-state index contributed by atoms with van der Waals surface area (Å²) >= 11 is 0.982. The van der Waals surface area contributed by atoms with Gasteiger partial charge in [-0.25, -0.2) is 14.5 Å². The summed E-state index contributed by atoms with van der Waals surface area (Å²) in [5, 5.41) is -1.06. The van der Waals surface area contributed by atoms with Crippen molar-refractivity contribution in [1.29, 1.82) is 0 Å². The molecule has 274 valence electrons. The van der Waals surface area contributed by atoms with Crippen molar-refractivity contribution < 1.29 is 41.3 Å². The average molecular weight is 757 g/mol. The van der Waals surface area contributed by atoms with Gasteiger partial charge in [-0.2, -0.15) is 8.42 Å². The number of β-lactam (4-membered cyclic amide) rings is 1. The number of thioether (sulfide) groups is 1. The van der Waals surface area contributed by atoms with Gasteiger partial charge in [0.25, 0.3) is 11.8 Å². The quantitative estimate of drug-likeness (QED) is 0.129. The number of carbonyl (C=O) groups excluding carboxylic acids is 4. The molecule has 0 bridgehead atoms. The molecule has 13 nitrogen and oxygen atoms in total. The highest BCUT2D eigenvalue weighted by atomic mass is 32.2. The first-order valence-electron chi connectivity index (χ1n) is 16.5. The summed E-state index contributed by atoms with van der Waals surface area (Å²) in [4.78, 5) is 61.6. The van der Waals surface area contributed by atoms with Crippen LogP contribution >= 0.6 is 11.8 Å². The van der Waals surface area contributed by atoms with Gasteiger partial charge < -0.3 is 19.4 Å². The molecular weight excluding hydrogens is 721 g/mol. The fourth-order valence-corrected chi connectivity index (χ4v) is 8.06. The van der Waals surface area contributed by atoms with Crippen LogP contribution in [0, 0.1) is 0 Å². The normalized spacial score (nSPS) is 17.7. The molecule has 2 N–H and O–H groups in total. The molecule has 0 aliphatic carbocycles. The minimum atomic E-state index is -4.55. The number of benzene rings is 3. The van der Waals surface area contributed by atoms with Gasteiger partial charge in [0.1, 0.15) is 21.9 Å². The van der Waals surface area contributed by atoms with Gasteiger partial charge in [0.05, 0.1) is 5.75 Å². The van der Waals surface area contributed by atoms with Gasteiger partial charge in [0, 0.05) is 12.4 Å². The average Bonchev–Trinajstić information content (AvgIpc) is 3.15. The van der Waals surface area contributed by atoms with Crippen LogP contribution in [-0.4, -0.2) is 69.8 Å². The lowest BCUT2D eigenvalue weighted by molar-refractivity contribution is -0.161. The van der Waals surface area contributed by atoms with E-state index in [1.807, 2.05) is 0 Å². The molecular formula is C38H36N4O9S2. The Bertz CT molecular complexity index is 2090. The molecule has 6 rings (SSSR count). The molecule has 15 heteroatoms. The lowest BCUT2D eigenvalue weighted by Gasteiger charge is -2.52. The van der Waals surface area contributed by atoms with Crippen molar-refractivity contribution in [3.8, 4) is 0 Å². The second kappa shape index (κ2) is 15.2. The van der Waals surface area contributed by atoms with Crippen molar-refractivity contribution in [2.24, 2.45) is 5.73 Å². The first-order valence-corrected chi connectivity index (χ1v) is 18.9. The van der Waals surface area contributed by atoms with E-state index in [1.165, 1.54) is 18.3 Å². The maximum absolute atomic E-state index is 14.4. The van der Waals surface area contributed by atoms with Crippen molar-refractivity contribution in [3.05, 3.63) is 144 Å². The van der Waals surface area contributed by atoms with E-state index in [4.69, 9.17) is 19.4 Å². The number of rotatable bonds is 10. The fraction of sp³-hybridized carbons (Fsp3) is 0.237. The summed E-state index contributed by atoms with van der Waals surface area (Å²) in [5.74, 6) is -3.52. The van der Waals surface area contributed by atoms with Gasteiger partial charge in [-0.3, -0.25) is 19.5 Å². The van der Waals surface area contributed by atoms with Gasteiger partial charge in [0.15, 0.2) is 23.6 Å². The number of carbonyl (C=O) groups is 4. The van der Waals surface area contributed by atoms with Crippen LogP contribution in [-0.2, 0) is 38.2 Å². The Labute approximate surface area is 310 Å². The van der Waals surface area contributed by atoms with Gasteiger partial charge in [-0.15, -0.1) is 11.8 Å². The molecule has 53 heavy (non-hydrogen) atoms. The summed E-state index contributed by atoms with van der Waals surface area (Å²) in [6.45, 7) is 4.82. The molecule has 3 amide bonds. The summed E-state index contributed by atoms with van der Waals surface area (Å²) < 4.78 is 44.1. The SMILES string of the molecule is CC(C)(C)OC(=O)N(C(=O)C(N)c1ccccc1)C1C(=O)N2C(C(=O)OC(c3ccccc3)c3ccccc3)=C(OS(=O)(=O)c3cccnc3)CS[C@@H]12. The summed E-state index contributed by atoms with van der Waals surface area (Å²) in [5.41, 5.74) is 6.39. The standard InChI is InChI=1S/C38H36N4O9S2/c1-38(2,3)50-37(46)42(33(43)29(39)24-14-7-4-8-15-24)31-34(44)41-30(28(23-52-35(31)41)51-53(47,48)27-20-13-21-40-22-27)36(45)49-32(25-16-9-5-10-17-25)26-18-11-6-12-19-26/h4-22,29,31-32,35H,23,39H2,1-3H3/t29?,31?,35-/m0/s1. The van der Waals surface area contributed by atoms with E-state index in [0.29, 0.717) is 21.6 Å². The zero-order chi connectivity index (χ0) is 37.9. The third-order valence-electron chi connectivity index (χ3n) is 8.19. The zero-order valence-electron chi connectivity index (χ0n) is 28.9. The van der Waals surface area contributed by atoms with E-state index in [1.54, 1.807) is 112 Å². The molecule has 3 heterocycles. The summed E-state index contributed by atoms with van der Waals surface area (Å²) in [6.07, 6.45) is 0.376. The van der Waals surface area contributed by atoms with Crippen molar-refractivity contribution in [1.82, 2.24) is 14.8 Å². The third kappa shape index (κ3) is 7.96. The smallest absolute Gasteiger partial charge is 0.417 e. The number of aromatic nitrogens is 1. The number of nitrogens with zero attached hydrogens (tertiary/aromatic N) is 3. The Balaban J connectivity index is 1.40. The van der Waals surface area contributed by atoms with Gasteiger partial charge >= 0.3 is 22.2 Å². The molecule has 1 aromatic heterocycles. The second-order valence-corrected chi connectivity index (χ2v) is 15.7. The minimum absolute atomic E-state index is 0.267. The Kier molecular flexibility index (Phi) is 10.7. The highest BCUT2D eigenvalue weighted by Gasteiger charge is 2.60. The van der Waals surface area contributed by atoms with Crippen molar-refractivity contribution >= 4 is 45.8 Å². The Morgan fingerprint density at radius 3 is 1.98 bits per heavy atom. The van der Waals surface area contributed by atoms with Crippen LogP contribution in [0.1, 0.15) is 49.6 Å². The number of ether oxygens (including phenoxy) is 2. The van der Waals surface area contributed by atoms with Gasteiger partial charge in [-0.05, 0) is 49.6 Å². The van der Waals surface area contributed by atoms with Gasteiger partial charge in [-0.1, -0.05) is 91.0 Å². The first kappa shape index (κ1) is 37.3. The number of fused-ring (bicyclic) bond motifs is 1. The molecule has 0 saturated carbocycles. The molecule has 0 radical (unpaired) electrons. The predicted octanol–water partition coefficient (Wildman–Crippen LogP) is 5.08. The minimum Gasteiger partial charge on any atom is -0.448 e. The number of esters is 1. The molecule has 3 atom stereocenters. The van der Waals surface area contributed by atoms with Crippen LogP contribution in [0.3, 0.4) is 0 Å². The molecule has 2 aliphatic rings. The number of hydrogen-bond donors (Lipinski definition) is 1. The van der Waals surface area contributed by atoms with Crippen LogP contribution in [0.4, 0.5) is 4.79 Å². The second-order valence-electron chi connectivity index (χ2n) is 13.0. The van der Waals surface area contributed by atoms with Crippen LogP contribution in [0.5, 0.6) is 0 Å². The van der Waals surface area contributed by atoms with E-state index in [0.717, 1.165) is 22.9 Å². The number of amides is 3. The molecule has 1 fully saturated rings. The Morgan fingerprint density at radius 2 is 1.45 bits per heavy atom. The van der Waals surface area contributed by atoms with Crippen molar-refractivity contribution in [2.45, 2.75) is 54.8 Å². The molecule has 0 spiro atoms. The van der Waals surface area contributed by atoms with E-state index in [-0.39, 0.29) is 16.4 Å². The lowest BCUT2D eigenvalue weighted by Crippen LogP contribution is -2.73. The lowest BCUT2D eigenvalue weighted by atomic mass is 9.99. The van der Waals surface area contributed by atoms with E-state index in [2.05, 4.69) is 4.98 Å². The largest absolute Gasteiger partial charge is 0.448 e. The van der Waals surface area contributed by atoms with Gasteiger partial charge in [0.2, 0.25) is 0 Å². The van der Waals surface area contributed by atoms with Crippen LogP contribution in [0.2, 0.25) is 0 Å². The Hall–Kier alpha value is -5.51. The highest BCUT2D eigenvalue weighted by molar-refractivity contribution is 8.00. The fourth-order valence-electron chi connectivity index (χ4n) is 5.76. The summed E-state index contributed by atoms with van der Waals surface area (Å²) in [6, 6.07) is 25.9. The molecule has 2 unspecified atom stereocenters. The molecule has 1 saturated heterocycles.